The van der Waals surface area contributed by atoms with Gasteiger partial charge in [0.05, 0.1) is 0 Å². The number of aromatic amines is 1. The topological polar surface area (TPSA) is 55.4 Å². The Balaban J connectivity index is 1.74. The molecule has 1 aromatic carbocycles. The number of nitrogens with one attached hydrogen (secondary N) is 3. The first kappa shape index (κ1) is 21.3. The third kappa shape index (κ3) is 6.58. The molecule has 0 aliphatic heterocycles. The Labute approximate surface area is 164 Å². The van der Waals surface area contributed by atoms with Crippen molar-refractivity contribution >= 4 is 16.9 Å². The molecule has 0 saturated heterocycles. The van der Waals surface area contributed by atoms with Crippen LogP contribution in [0, 0.1) is 6.92 Å². The van der Waals surface area contributed by atoms with E-state index in [4.69, 9.17) is 0 Å². The number of aromatic nitrogens is 1. The molecule has 3 N–H and O–H groups in total. The van der Waals surface area contributed by atoms with Gasteiger partial charge in [0, 0.05) is 36.7 Å². The monoisotopic (exact) mass is 371 g/mol. The van der Waals surface area contributed by atoms with Gasteiger partial charge in [-0.3, -0.25) is 4.99 Å². The highest BCUT2D eigenvalue weighted by Crippen LogP contribution is 2.19. The number of guanidine groups is 1. The lowest BCUT2D eigenvalue weighted by Crippen LogP contribution is -2.43. The van der Waals surface area contributed by atoms with Gasteiger partial charge in [-0.15, -0.1) is 0 Å². The molecule has 1 aromatic heterocycles. The summed E-state index contributed by atoms with van der Waals surface area (Å²) in [7, 11) is 1.84. The van der Waals surface area contributed by atoms with Gasteiger partial charge < -0.3 is 20.5 Å². The highest BCUT2D eigenvalue weighted by atomic mass is 15.2. The van der Waals surface area contributed by atoms with Crippen LogP contribution in [0.5, 0.6) is 0 Å². The maximum Gasteiger partial charge on any atom is 0.191 e. The Morgan fingerprint density at radius 1 is 1.26 bits per heavy atom. The maximum absolute atomic E-state index is 4.37. The van der Waals surface area contributed by atoms with Gasteiger partial charge in [0.15, 0.2) is 5.96 Å². The Morgan fingerprint density at radius 3 is 2.74 bits per heavy atom. The zero-order valence-corrected chi connectivity index (χ0v) is 17.7. The molecule has 0 saturated carbocycles. The van der Waals surface area contributed by atoms with E-state index in [0.29, 0.717) is 6.04 Å². The Kier molecular flexibility index (Phi) is 8.65. The minimum atomic E-state index is 0.419. The Bertz CT molecular complexity index is 715. The molecule has 27 heavy (non-hydrogen) atoms. The van der Waals surface area contributed by atoms with Crippen LogP contribution in [0.2, 0.25) is 0 Å². The smallest absolute Gasteiger partial charge is 0.191 e. The van der Waals surface area contributed by atoms with Gasteiger partial charge >= 0.3 is 0 Å². The molecule has 1 atom stereocenters. The molecular formula is C22H37N5. The molecule has 5 nitrogen and oxygen atoms in total. The summed E-state index contributed by atoms with van der Waals surface area (Å²) in [6.45, 7) is 13.1. The minimum Gasteiger partial charge on any atom is -0.361 e. The summed E-state index contributed by atoms with van der Waals surface area (Å²) in [4.78, 5) is 10.2. The fourth-order valence-electron chi connectivity index (χ4n) is 3.48. The van der Waals surface area contributed by atoms with Crippen molar-refractivity contribution in [1.29, 1.82) is 0 Å². The molecule has 0 aliphatic carbocycles. The number of nitrogens with zero attached hydrogens (tertiary/aromatic N) is 2. The van der Waals surface area contributed by atoms with Crippen molar-refractivity contribution in [1.82, 2.24) is 20.5 Å². The minimum absolute atomic E-state index is 0.419. The van der Waals surface area contributed by atoms with E-state index in [1.54, 1.807) is 0 Å². The average molecular weight is 372 g/mol. The van der Waals surface area contributed by atoms with Crippen LogP contribution in [0.4, 0.5) is 0 Å². The first-order chi connectivity index (χ1) is 13.1. The summed E-state index contributed by atoms with van der Waals surface area (Å²) >= 11 is 0. The fourth-order valence-corrected chi connectivity index (χ4v) is 3.48. The highest BCUT2D eigenvalue weighted by molar-refractivity contribution is 5.84. The van der Waals surface area contributed by atoms with Gasteiger partial charge in [-0.2, -0.15) is 0 Å². The fraction of sp³-hybridized carbons (Fsp3) is 0.591. The molecule has 0 amide bonds. The second-order valence-electron chi connectivity index (χ2n) is 7.33. The lowest BCUT2D eigenvalue weighted by Gasteiger charge is -2.21. The van der Waals surface area contributed by atoms with Crippen LogP contribution < -0.4 is 10.6 Å². The van der Waals surface area contributed by atoms with Gasteiger partial charge in [0.2, 0.25) is 0 Å². The van der Waals surface area contributed by atoms with E-state index in [1.807, 2.05) is 7.05 Å². The molecule has 1 unspecified atom stereocenters. The molecule has 2 aromatic rings. The van der Waals surface area contributed by atoms with Crippen LogP contribution in [0.3, 0.4) is 0 Å². The zero-order valence-electron chi connectivity index (χ0n) is 17.7. The van der Waals surface area contributed by atoms with E-state index in [0.717, 1.165) is 38.4 Å². The van der Waals surface area contributed by atoms with E-state index in [1.165, 1.54) is 35.0 Å². The number of fused-ring (bicyclic) bond motifs is 1. The lowest BCUT2D eigenvalue weighted by atomic mass is 10.1. The van der Waals surface area contributed by atoms with E-state index in [-0.39, 0.29) is 0 Å². The quantitative estimate of drug-likeness (QED) is 0.441. The predicted molar refractivity (Wildman–Crippen MR) is 118 cm³/mol. The van der Waals surface area contributed by atoms with E-state index < -0.39 is 0 Å². The van der Waals surface area contributed by atoms with Crippen molar-refractivity contribution in [3.8, 4) is 0 Å². The van der Waals surface area contributed by atoms with Gasteiger partial charge in [0.25, 0.3) is 0 Å². The second kappa shape index (κ2) is 11.0. The summed E-state index contributed by atoms with van der Waals surface area (Å²) in [5, 5.41) is 8.28. The summed E-state index contributed by atoms with van der Waals surface area (Å²) in [5.41, 5.74) is 3.85. The molecule has 0 spiro atoms. The molecule has 0 fully saturated rings. The summed E-state index contributed by atoms with van der Waals surface area (Å²) in [6.07, 6.45) is 5.46. The zero-order chi connectivity index (χ0) is 19.6. The Morgan fingerprint density at radius 2 is 2.04 bits per heavy atom. The molecule has 2 rings (SSSR count). The summed E-state index contributed by atoms with van der Waals surface area (Å²) < 4.78 is 0. The molecule has 0 radical (unpaired) electrons. The van der Waals surface area contributed by atoms with E-state index >= 15 is 0 Å². The lowest BCUT2D eigenvalue weighted by molar-refractivity contribution is 0.292. The largest absolute Gasteiger partial charge is 0.361 e. The maximum atomic E-state index is 4.37. The molecule has 0 bridgehead atoms. The van der Waals surface area contributed by atoms with Crippen molar-refractivity contribution in [2.45, 2.75) is 53.0 Å². The van der Waals surface area contributed by atoms with Crippen LogP contribution in [-0.2, 0) is 6.42 Å². The standard InChI is InChI=1S/C22H37N5/c1-6-27(7-2)14-8-9-18(4)26-22(23-5)24-13-12-19-16-25-21-15-17(3)10-11-20(19)21/h10-11,15-16,18,25H,6-9,12-14H2,1-5H3,(H2,23,24,26). The van der Waals surface area contributed by atoms with Crippen molar-refractivity contribution < 1.29 is 0 Å². The van der Waals surface area contributed by atoms with Gasteiger partial charge in [-0.1, -0.05) is 26.0 Å². The van der Waals surface area contributed by atoms with Crippen LogP contribution >= 0.6 is 0 Å². The third-order valence-corrected chi connectivity index (χ3v) is 5.22. The number of benzene rings is 1. The number of H-pyrrole nitrogens is 1. The summed E-state index contributed by atoms with van der Waals surface area (Å²) in [5.74, 6) is 0.890. The SMILES string of the molecule is CCN(CC)CCCC(C)NC(=NC)NCCc1c[nH]c2cc(C)ccc12. The van der Waals surface area contributed by atoms with E-state index in [2.05, 4.69) is 77.6 Å². The third-order valence-electron chi connectivity index (χ3n) is 5.22. The Hall–Kier alpha value is -2.01. The molecule has 150 valence electrons. The van der Waals surface area contributed by atoms with Crippen molar-refractivity contribution in [3.63, 3.8) is 0 Å². The van der Waals surface area contributed by atoms with Crippen LogP contribution in [-0.4, -0.2) is 55.1 Å². The number of hydrogen-bond acceptors (Lipinski definition) is 2. The molecular weight excluding hydrogens is 334 g/mol. The van der Waals surface area contributed by atoms with Crippen LogP contribution in [0.25, 0.3) is 10.9 Å². The molecule has 1 heterocycles. The molecule has 5 heteroatoms. The normalized spacial score (nSPS) is 13.3. The number of aryl methyl sites for hydroxylation is 1. The summed E-state index contributed by atoms with van der Waals surface area (Å²) in [6, 6.07) is 7.00. The van der Waals surface area contributed by atoms with Gasteiger partial charge in [-0.05, 0) is 69.9 Å². The van der Waals surface area contributed by atoms with Crippen molar-refractivity contribution in [2.75, 3.05) is 33.2 Å². The van der Waals surface area contributed by atoms with E-state index in [9.17, 15) is 0 Å². The van der Waals surface area contributed by atoms with Crippen molar-refractivity contribution in [3.05, 3.63) is 35.5 Å². The number of aliphatic imine (C=N–C) groups is 1. The van der Waals surface area contributed by atoms with Crippen LogP contribution in [0.15, 0.2) is 29.4 Å². The van der Waals surface area contributed by atoms with Gasteiger partial charge in [-0.25, -0.2) is 0 Å². The predicted octanol–water partition coefficient (Wildman–Crippen LogP) is 3.69. The number of hydrogen-bond donors (Lipinski definition) is 3. The number of rotatable bonds is 10. The first-order valence-electron chi connectivity index (χ1n) is 10.3. The first-order valence-corrected chi connectivity index (χ1v) is 10.3. The second-order valence-corrected chi connectivity index (χ2v) is 7.33. The highest BCUT2D eigenvalue weighted by Gasteiger charge is 2.08. The average Bonchev–Trinajstić information content (AvgIpc) is 3.06. The van der Waals surface area contributed by atoms with Gasteiger partial charge in [0.1, 0.15) is 0 Å². The van der Waals surface area contributed by atoms with Crippen molar-refractivity contribution in [2.24, 2.45) is 4.99 Å². The molecule has 0 aliphatic rings. The van der Waals surface area contributed by atoms with Crippen LogP contribution in [0.1, 0.15) is 44.7 Å².